The summed E-state index contributed by atoms with van der Waals surface area (Å²) >= 11 is 0. The highest BCUT2D eigenvalue weighted by molar-refractivity contribution is 5.89. The molecular weight excluding hydrogens is 438 g/mol. The molecule has 0 radical (unpaired) electrons. The highest BCUT2D eigenvalue weighted by atomic mass is 16.5. The minimum absolute atomic E-state index is 0.0665. The van der Waals surface area contributed by atoms with E-state index in [9.17, 15) is 19.5 Å². The highest BCUT2D eigenvalue weighted by Gasteiger charge is 2.30. The maximum absolute atomic E-state index is 12.6. The monoisotopic (exact) mass is 465 g/mol. The predicted molar refractivity (Wildman–Crippen MR) is 123 cm³/mol. The number of nitrogens with one attached hydrogen (secondary N) is 2. The molecule has 0 saturated heterocycles. The van der Waals surface area contributed by atoms with Crippen molar-refractivity contribution < 1.29 is 29.3 Å². The molecule has 0 saturated carbocycles. The molecule has 9 nitrogen and oxygen atoms in total. The lowest BCUT2D eigenvalue weighted by Gasteiger charge is -2.21. The van der Waals surface area contributed by atoms with E-state index in [-0.39, 0.29) is 18.9 Å². The van der Waals surface area contributed by atoms with Gasteiger partial charge in [0.25, 0.3) is 0 Å². The Bertz CT molecular complexity index is 1030. The van der Waals surface area contributed by atoms with Crippen LogP contribution in [0.5, 0.6) is 0 Å². The molecular formula is C25H27N3O6. The molecule has 4 N–H and O–H groups in total. The van der Waals surface area contributed by atoms with Crippen LogP contribution in [0.3, 0.4) is 0 Å². The van der Waals surface area contributed by atoms with E-state index < -0.39 is 36.7 Å². The van der Waals surface area contributed by atoms with Gasteiger partial charge in [0.1, 0.15) is 18.7 Å². The van der Waals surface area contributed by atoms with E-state index in [2.05, 4.69) is 10.6 Å². The van der Waals surface area contributed by atoms with E-state index in [1.54, 1.807) is 0 Å². The fraction of sp³-hybridized carbons (Fsp3) is 0.360. The molecule has 0 aromatic heterocycles. The number of nitrogens with zero attached hydrogens (tertiary/aromatic N) is 1. The Hall–Kier alpha value is -3.90. The summed E-state index contributed by atoms with van der Waals surface area (Å²) in [5, 5.41) is 31.7. The van der Waals surface area contributed by atoms with Crippen LogP contribution in [-0.4, -0.2) is 53.5 Å². The molecule has 1 aliphatic carbocycles. The minimum Gasteiger partial charge on any atom is -0.480 e. The Labute approximate surface area is 197 Å². The van der Waals surface area contributed by atoms with E-state index >= 15 is 0 Å². The second-order valence-electron chi connectivity index (χ2n) is 8.01. The lowest BCUT2D eigenvalue weighted by molar-refractivity contribution is -0.143. The van der Waals surface area contributed by atoms with Gasteiger partial charge in [-0.05, 0) is 41.5 Å². The molecule has 2 atom stereocenters. The maximum Gasteiger partial charge on any atom is 0.407 e. The molecule has 1 unspecified atom stereocenters. The summed E-state index contributed by atoms with van der Waals surface area (Å²) in [6.45, 7) is -0.718. The van der Waals surface area contributed by atoms with Crippen molar-refractivity contribution in [1.82, 2.24) is 10.6 Å². The van der Waals surface area contributed by atoms with Gasteiger partial charge in [-0.3, -0.25) is 4.79 Å². The third kappa shape index (κ3) is 5.91. The van der Waals surface area contributed by atoms with Crippen molar-refractivity contribution in [1.29, 1.82) is 5.26 Å². The number of unbranched alkanes of at least 4 members (excludes halogenated alkanes) is 2. The van der Waals surface area contributed by atoms with Crippen LogP contribution in [0.25, 0.3) is 11.1 Å². The van der Waals surface area contributed by atoms with Crippen molar-refractivity contribution >= 4 is 18.0 Å². The summed E-state index contributed by atoms with van der Waals surface area (Å²) in [5.74, 6) is -2.28. The van der Waals surface area contributed by atoms with Crippen LogP contribution in [-0.2, 0) is 14.3 Å². The molecule has 1 aliphatic rings. The third-order valence-electron chi connectivity index (χ3n) is 5.78. The van der Waals surface area contributed by atoms with Crippen molar-refractivity contribution in [3.8, 4) is 17.2 Å². The lowest BCUT2D eigenvalue weighted by atomic mass is 9.98. The van der Waals surface area contributed by atoms with Crippen molar-refractivity contribution in [2.45, 2.75) is 43.7 Å². The van der Waals surface area contributed by atoms with Gasteiger partial charge >= 0.3 is 12.1 Å². The van der Waals surface area contributed by atoms with Crippen LogP contribution in [0.2, 0.25) is 0 Å². The number of ether oxygens (including phenoxy) is 1. The summed E-state index contributed by atoms with van der Waals surface area (Å²) in [5.41, 5.74) is 4.28. The Kier molecular flexibility index (Phi) is 8.60. The lowest BCUT2D eigenvalue weighted by Crippen LogP contribution is -2.52. The van der Waals surface area contributed by atoms with Crippen molar-refractivity contribution in [3.05, 3.63) is 59.7 Å². The number of carbonyl (C=O) groups excluding carboxylic acids is 2. The zero-order chi connectivity index (χ0) is 24.5. The van der Waals surface area contributed by atoms with Gasteiger partial charge in [0.05, 0.1) is 12.7 Å². The van der Waals surface area contributed by atoms with Crippen molar-refractivity contribution in [2.24, 2.45) is 0 Å². The first-order valence-electron chi connectivity index (χ1n) is 11.1. The normalized spacial score (nSPS) is 13.6. The van der Waals surface area contributed by atoms with E-state index in [1.165, 1.54) is 0 Å². The van der Waals surface area contributed by atoms with Gasteiger partial charge in [-0.1, -0.05) is 48.5 Å². The molecule has 0 spiro atoms. The fourth-order valence-corrected chi connectivity index (χ4v) is 4.06. The van der Waals surface area contributed by atoms with Crippen LogP contribution in [0.4, 0.5) is 4.79 Å². The van der Waals surface area contributed by atoms with E-state index in [1.807, 2.05) is 54.6 Å². The van der Waals surface area contributed by atoms with Crippen LogP contribution >= 0.6 is 0 Å². The second kappa shape index (κ2) is 11.8. The molecule has 0 heterocycles. The SMILES string of the molecule is N#CCCCCC(NC(=O)OCC1c2ccccc2-c2ccccc21)C(=O)N[C@H](CO)C(=O)O. The van der Waals surface area contributed by atoms with E-state index in [0.717, 1.165) is 22.3 Å². The summed E-state index contributed by atoms with van der Waals surface area (Å²) in [4.78, 5) is 36.3. The summed E-state index contributed by atoms with van der Waals surface area (Å²) in [6.07, 6.45) is 0.669. The van der Waals surface area contributed by atoms with Crippen molar-refractivity contribution in [2.75, 3.05) is 13.2 Å². The number of fused-ring (bicyclic) bond motifs is 3. The number of aliphatic hydroxyl groups excluding tert-OH is 1. The number of carboxylic acids is 1. The van der Waals surface area contributed by atoms with Crippen molar-refractivity contribution in [3.63, 3.8) is 0 Å². The number of aliphatic carboxylic acids is 1. The molecule has 3 rings (SSSR count). The maximum atomic E-state index is 12.6. The molecule has 2 aromatic carbocycles. The number of carboxylic acid groups (broad SMARTS) is 1. The topological polar surface area (TPSA) is 149 Å². The predicted octanol–water partition coefficient (Wildman–Crippen LogP) is 2.54. The Morgan fingerprint density at radius 1 is 0.971 bits per heavy atom. The molecule has 0 fully saturated rings. The van der Waals surface area contributed by atoms with Gasteiger partial charge in [0.2, 0.25) is 5.91 Å². The van der Waals surface area contributed by atoms with Gasteiger partial charge in [0, 0.05) is 12.3 Å². The number of aliphatic hydroxyl groups is 1. The summed E-state index contributed by atoms with van der Waals surface area (Å²) in [7, 11) is 0. The fourth-order valence-electron chi connectivity index (χ4n) is 4.06. The van der Waals surface area contributed by atoms with Gasteiger partial charge in [-0.2, -0.15) is 5.26 Å². The second-order valence-corrected chi connectivity index (χ2v) is 8.01. The number of carbonyl (C=O) groups is 3. The summed E-state index contributed by atoms with van der Waals surface area (Å²) < 4.78 is 5.48. The molecule has 178 valence electrons. The third-order valence-corrected chi connectivity index (χ3v) is 5.78. The van der Waals surface area contributed by atoms with E-state index in [4.69, 9.17) is 15.1 Å². The molecule has 2 aromatic rings. The van der Waals surface area contributed by atoms with Crippen LogP contribution in [0.1, 0.15) is 42.7 Å². The number of benzene rings is 2. The standard InChI is InChI=1S/C25H27N3O6/c26-13-7-1-2-12-21(23(30)27-22(14-29)24(31)32)28-25(33)34-15-20-18-10-5-3-8-16(18)17-9-4-6-11-19(17)20/h3-6,8-11,20-22,29H,1-2,7,12,14-15H2,(H,27,30)(H,28,33)(H,31,32)/t21?,22-/m1/s1. The molecule has 0 aliphatic heterocycles. The van der Waals surface area contributed by atoms with Gasteiger partial charge < -0.3 is 25.6 Å². The molecule has 0 bridgehead atoms. The van der Waals surface area contributed by atoms with Crippen LogP contribution < -0.4 is 10.6 Å². The zero-order valence-corrected chi connectivity index (χ0v) is 18.6. The van der Waals surface area contributed by atoms with Crippen LogP contribution in [0.15, 0.2) is 48.5 Å². The van der Waals surface area contributed by atoms with E-state index in [0.29, 0.717) is 19.3 Å². The Morgan fingerprint density at radius 3 is 2.15 bits per heavy atom. The van der Waals surface area contributed by atoms with Crippen LogP contribution in [0, 0.1) is 11.3 Å². The van der Waals surface area contributed by atoms with Gasteiger partial charge in [-0.25, -0.2) is 9.59 Å². The number of hydrogen-bond donors (Lipinski definition) is 4. The largest absolute Gasteiger partial charge is 0.480 e. The zero-order valence-electron chi connectivity index (χ0n) is 18.6. The Morgan fingerprint density at radius 2 is 1.59 bits per heavy atom. The quantitative estimate of drug-likeness (QED) is 0.373. The summed E-state index contributed by atoms with van der Waals surface area (Å²) in [6, 6.07) is 15.3. The first-order chi connectivity index (χ1) is 16.5. The molecule has 2 amide bonds. The average molecular weight is 466 g/mol. The van der Waals surface area contributed by atoms with Gasteiger partial charge in [0.15, 0.2) is 0 Å². The number of alkyl carbamates (subject to hydrolysis) is 1. The Balaban J connectivity index is 1.65. The molecule has 34 heavy (non-hydrogen) atoms. The number of nitriles is 1. The first kappa shape index (κ1) is 24.7. The smallest absolute Gasteiger partial charge is 0.407 e. The highest BCUT2D eigenvalue weighted by Crippen LogP contribution is 2.44. The van der Waals surface area contributed by atoms with Gasteiger partial charge in [-0.15, -0.1) is 0 Å². The molecule has 9 heteroatoms. The average Bonchev–Trinajstić information content (AvgIpc) is 3.16. The number of rotatable bonds is 11. The number of hydrogen-bond acceptors (Lipinski definition) is 6. The minimum atomic E-state index is -1.49. The number of amides is 2. The first-order valence-corrected chi connectivity index (χ1v) is 11.1.